The minimum Gasteiger partial charge on any atom is -0.479 e. The van der Waals surface area contributed by atoms with E-state index in [9.17, 15) is 9.59 Å². The number of carbonyl (C=O) groups is 2. The fourth-order valence-corrected chi connectivity index (χ4v) is 2.69. The largest absolute Gasteiger partial charge is 0.479 e. The lowest BCUT2D eigenvalue weighted by Gasteiger charge is -2.13. The van der Waals surface area contributed by atoms with Gasteiger partial charge in [0, 0.05) is 14.2 Å². The molecule has 0 spiro atoms. The minimum absolute atomic E-state index is 0.353. The molecule has 2 aromatic carbocycles. The normalized spacial score (nSPS) is 11.9. The van der Waals surface area contributed by atoms with Crippen LogP contribution in [0.5, 0.6) is 11.5 Å². The van der Waals surface area contributed by atoms with Crippen LogP contribution in [0, 0.1) is 0 Å². The highest BCUT2D eigenvalue weighted by Crippen LogP contribution is 2.16. The third kappa shape index (κ3) is 11.2. The van der Waals surface area contributed by atoms with Gasteiger partial charge < -0.3 is 28.4 Å². The highest BCUT2D eigenvalue weighted by atomic mass is 16.6. The molecule has 2 atom stereocenters. The minimum atomic E-state index is -0.594. The third-order valence-electron chi connectivity index (χ3n) is 4.33. The summed E-state index contributed by atoms with van der Waals surface area (Å²) in [6.45, 7) is 8.72. The Bertz CT molecular complexity index is 761. The number of methoxy groups -OCH3 is 2. The maximum atomic E-state index is 11.3. The van der Waals surface area contributed by atoms with Gasteiger partial charge in [0.05, 0.1) is 26.4 Å². The predicted octanol–water partition coefficient (Wildman–Crippen LogP) is 4.33. The van der Waals surface area contributed by atoms with Crippen molar-refractivity contribution in [3.63, 3.8) is 0 Å². The van der Waals surface area contributed by atoms with E-state index < -0.39 is 12.2 Å². The predicted molar refractivity (Wildman–Crippen MR) is 128 cm³/mol. The van der Waals surface area contributed by atoms with Gasteiger partial charge in [-0.05, 0) is 63.1 Å². The number of rotatable bonds is 12. The summed E-state index contributed by atoms with van der Waals surface area (Å²) in [4.78, 5) is 22.7. The zero-order valence-electron chi connectivity index (χ0n) is 20.9. The summed E-state index contributed by atoms with van der Waals surface area (Å²) in [5.74, 6) is 0.581. The smallest absolute Gasteiger partial charge is 0.347 e. The Labute approximate surface area is 202 Å². The van der Waals surface area contributed by atoms with Gasteiger partial charge in [0.1, 0.15) is 11.5 Å². The van der Waals surface area contributed by atoms with Crippen molar-refractivity contribution >= 4 is 11.9 Å². The molecule has 0 amide bonds. The second-order valence-corrected chi connectivity index (χ2v) is 7.18. The fourth-order valence-electron chi connectivity index (χ4n) is 2.69. The van der Waals surface area contributed by atoms with Crippen LogP contribution in [-0.4, -0.2) is 51.6 Å². The van der Waals surface area contributed by atoms with Crippen LogP contribution in [0.1, 0.15) is 38.8 Å². The zero-order chi connectivity index (χ0) is 25.3. The molecule has 34 heavy (non-hydrogen) atoms. The molecule has 0 saturated carbocycles. The van der Waals surface area contributed by atoms with E-state index in [-0.39, 0.29) is 11.9 Å². The van der Waals surface area contributed by atoms with Crippen LogP contribution in [0.2, 0.25) is 0 Å². The maximum absolute atomic E-state index is 11.3. The highest BCUT2D eigenvalue weighted by Gasteiger charge is 2.16. The number of carbonyl (C=O) groups excluding carboxylic acids is 2. The molecule has 0 fully saturated rings. The van der Waals surface area contributed by atoms with Gasteiger partial charge in [-0.25, -0.2) is 9.59 Å². The second kappa shape index (κ2) is 16.5. The molecule has 0 heterocycles. The monoisotopic (exact) mass is 476 g/mol. The van der Waals surface area contributed by atoms with E-state index in [2.05, 4.69) is 0 Å². The van der Waals surface area contributed by atoms with Crippen molar-refractivity contribution in [3.05, 3.63) is 59.7 Å². The summed E-state index contributed by atoms with van der Waals surface area (Å²) in [7, 11) is 3.29. The SMILES string of the molecule is CCOC(=O)C(C)Oc1ccc(COC)cc1.CCOC(=O)C(C)Oc1ccc(COC)cc1. The molecule has 8 heteroatoms. The molecule has 0 aliphatic heterocycles. The van der Waals surface area contributed by atoms with Crippen LogP contribution in [0.4, 0.5) is 0 Å². The van der Waals surface area contributed by atoms with Crippen LogP contribution < -0.4 is 9.47 Å². The maximum Gasteiger partial charge on any atom is 0.347 e. The Balaban J connectivity index is 0.000000340. The summed E-state index contributed by atoms with van der Waals surface area (Å²) in [6.07, 6.45) is -1.19. The van der Waals surface area contributed by atoms with E-state index in [1.807, 2.05) is 48.5 Å². The second-order valence-electron chi connectivity index (χ2n) is 7.18. The summed E-state index contributed by atoms with van der Waals surface area (Å²) >= 11 is 0. The van der Waals surface area contributed by atoms with Crippen molar-refractivity contribution in [2.24, 2.45) is 0 Å². The Morgan fingerprint density at radius 2 is 0.971 bits per heavy atom. The Kier molecular flexibility index (Phi) is 14.0. The van der Waals surface area contributed by atoms with Crippen molar-refractivity contribution in [2.75, 3.05) is 27.4 Å². The lowest BCUT2D eigenvalue weighted by Crippen LogP contribution is -2.26. The number of benzene rings is 2. The quantitative estimate of drug-likeness (QED) is 0.418. The van der Waals surface area contributed by atoms with Crippen LogP contribution in [0.15, 0.2) is 48.5 Å². The highest BCUT2D eigenvalue weighted by molar-refractivity contribution is 5.75. The lowest BCUT2D eigenvalue weighted by atomic mass is 10.2. The van der Waals surface area contributed by atoms with Crippen molar-refractivity contribution in [1.29, 1.82) is 0 Å². The molecule has 8 nitrogen and oxygen atoms in total. The lowest BCUT2D eigenvalue weighted by molar-refractivity contribution is -0.151. The Morgan fingerprint density at radius 1 is 0.647 bits per heavy atom. The van der Waals surface area contributed by atoms with Gasteiger partial charge >= 0.3 is 11.9 Å². The molecule has 2 unspecified atom stereocenters. The zero-order valence-corrected chi connectivity index (χ0v) is 20.9. The average molecular weight is 477 g/mol. The van der Waals surface area contributed by atoms with Crippen LogP contribution in [-0.2, 0) is 41.8 Å². The van der Waals surface area contributed by atoms with Gasteiger partial charge in [0.15, 0.2) is 12.2 Å². The van der Waals surface area contributed by atoms with Gasteiger partial charge in [0.25, 0.3) is 0 Å². The molecule has 0 bridgehead atoms. The topological polar surface area (TPSA) is 89.5 Å². The molecular formula is C26H36O8. The van der Waals surface area contributed by atoms with E-state index in [4.69, 9.17) is 28.4 Å². The molecule has 0 radical (unpaired) electrons. The van der Waals surface area contributed by atoms with Crippen LogP contribution in [0.25, 0.3) is 0 Å². The van der Waals surface area contributed by atoms with Crippen LogP contribution in [0.3, 0.4) is 0 Å². The summed E-state index contributed by atoms with van der Waals surface area (Å²) in [5, 5.41) is 0. The van der Waals surface area contributed by atoms with Gasteiger partial charge in [-0.1, -0.05) is 24.3 Å². The molecule has 0 aliphatic rings. The summed E-state index contributed by atoms with van der Waals surface area (Å²) < 4.78 is 30.6. The van der Waals surface area contributed by atoms with Gasteiger partial charge in [-0.2, -0.15) is 0 Å². The third-order valence-corrected chi connectivity index (χ3v) is 4.33. The molecule has 2 rings (SSSR count). The first-order valence-corrected chi connectivity index (χ1v) is 11.2. The van der Waals surface area contributed by atoms with Gasteiger partial charge in [-0.3, -0.25) is 0 Å². The standard InChI is InChI=1S/2C13H18O4/c2*1-4-16-13(14)10(2)17-12-7-5-11(6-8-12)9-15-3/h2*5-8,10H,4,9H2,1-3H3. The molecule has 0 aliphatic carbocycles. The van der Waals surface area contributed by atoms with E-state index in [0.29, 0.717) is 37.9 Å². The molecule has 2 aromatic rings. The number of esters is 2. The fraction of sp³-hybridized carbons (Fsp3) is 0.462. The number of hydrogen-bond acceptors (Lipinski definition) is 8. The van der Waals surface area contributed by atoms with E-state index in [1.165, 1.54) is 0 Å². The van der Waals surface area contributed by atoms with Gasteiger partial charge in [0.2, 0.25) is 0 Å². The Morgan fingerprint density at radius 3 is 1.24 bits per heavy atom. The number of hydrogen-bond donors (Lipinski definition) is 0. The van der Waals surface area contributed by atoms with E-state index >= 15 is 0 Å². The summed E-state index contributed by atoms with van der Waals surface area (Å²) in [5.41, 5.74) is 2.12. The van der Waals surface area contributed by atoms with Crippen molar-refractivity contribution in [2.45, 2.75) is 53.1 Å². The summed E-state index contributed by atoms with van der Waals surface area (Å²) in [6, 6.07) is 14.8. The molecule has 188 valence electrons. The van der Waals surface area contributed by atoms with Crippen molar-refractivity contribution in [1.82, 2.24) is 0 Å². The van der Waals surface area contributed by atoms with E-state index in [0.717, 1.165) is 11.1 Å². The number of ether oxygens (including phenoxy) is 6. The average Bonchev–Trinajstić information content (AvgIpc) is 2.82. The van der Waals surface area contributed by atoms with E-state index in [1.54, 1.807) is 41.9 Å². The van der Waals surface area contributed by atoms with Crippen molar-refractivity contribution in [3.8, 4) is 11.5 Å². The molecule has 0 aromatic heterocycles. The Hall–Kier alpha value is -3.10. The first kappa shape index (κ1) is 28.9. The molecule has 0 saturated heterocycles. The van der Waals surface area contributed by atoms with Gasteiger partial charge in [-0.15, -0.1) is 0 Å². The molecule has 0 N–H and O–H groups in total. The first-order valence-electron chi connectivity index (χ1n) is 11.2. The van der Waals surface area contributed by atoms with Crippen molar-refractivity contribution < 1.29 is 38.0 Å². The van der Waals surface area contributed by atoms with Crippen LogP contribution >= 0.6 is 0 Å². The molecular weight excluding hydrogens is 440 g/mol. The first-order chi connectivity index (χ1) is 16.3.